The highest BCUT2D eigenvalue weighted by Gasteiger charge is 1.95. The van der Waals surface area contributed by atoms with Crippen molar-refractivity contribution in [3.63, 3.8) is 0 Å². The summed E-state index contributed by atoms with van der Waals surface area (Å²) in [6, 6.07) is 3.98. The zero-order valence-corrected chi connectivity index (χ0v) is 7.99. The van der Waals surface area contributed by atoms with Crippen molar-refractivity contribution in [3.8, 4) is 11.5 Å². The van der Waals surface area contributed by atoms with Crippen molar-refractivity contribution in [2.24, 2.45) is 0 Å². The van der Waals surface area contributed by atoms with E-state index in [4.69, 9.17) is 15.3 Å². The van der Waals surface area contributed by atoms with Crippen LogP contribution >= 0.6 is 0 Å². The third-order valence-corrected chi connectivity index (χ3v) is 1.14. The Morgan fingerprint density at radius 2 is 1.38 bits per heavy atom. The Labute approximate surface area is 78.3 Å². The van der Waals surface area contributed by atoms with Gasteiger partial charge in [0.25, 0.3) is 0 Å². The van der Waals surface area contributed by atoms with Crippen LogP contribution in [0.15, 0.2) is 18.2 Å². The highest BCUT2D eigenvalue weighted by molar-refractivity contribution is 5.36. The number of hydrogen-bond acceptors (Lipinski definition) is 3. The van der Waals surface area contributed by atoms with Gasteiger partial charge in [-0.1, -0.05) is 20.3 Å². The number of phenolic OH excluding ortho intramolecular Hbond substituents is 2. The van der Waals surface area contributed by atoms with Gasteiger partial charge in [-0.3, -0.25) is 0 Å². The van der Waals surface area contributed by atoms with Crippen LogP contribution in [0, 0.1) is 0 Å². The van der Waals surface area contributed by atoms with Crippen molar-refractivity contribution in [3.05, 3.63) is 23.8 Å². The third kappa shape index (κ3) is 5.09. The van der Waals surface area contributed by atoms with Crippen molar-refractivity contribution in [1.29, 1.82) is 0 Å². The van der Waals surface area contributed by atoms with Crippen LogP contribution in [-0.2, 0) is 6.61 Å². The second-order valence-electron chi connectivity index (χ2n) is 2.72. The van der Waals surface area contributed by atoms with Crippen molar-refractivity contribution < 1.29 is 15.3 Å². The van der Waals surface area contributed by atoms with E-state index >= 15 is 0 Å². The first kappa shape index (κ1) is 11.8. The molecule has 0 atom stereocenters. The minimum absolute atomic E-state index is 0.0379. The number of rotatable bonds is 1. The monoisotopic (exact) mass is 184 g/mol. The van der Waals surface area contributed by atoms with E-state index < -0.39 is 0 Å². The van der Waals surface area contributed by atoms with E-state index in [0.717, 1.165) is 0 Å². The Morgan fingerprint density at radius 1 is 1.00 bits per heavy atom. The fourth-order valence-corrected chi connectivity index (χ4v) is 0.748. The molecule has 0 aliphatic carbocycles. The van der Waals surface area contributed by atoms with E-state index in [2.05, 4.69) is 13.8 Å². The Balaban J connectivity index is 0.000000424. The molecule has 0 fully saturated rings. The number of phenols is 2. The van der Waals surface area contributed by atoms with E-state index in [1.807, 2.05) is 0 Å². The molecule has 0 radical (unpaired) electrons. The minimum atomic E-state index is -0.179. The molecular weight excluding hydrogens is 168 g/mol. The van der Waals surface area contributed by atoms with Gasteiger partial charge in [-0.15, -0.1) is 0 Å². The molecule has 0 saturated carbocycles. The maximum Gasteiger partial charge on any atom is 0.119 e. The van der Waals surface area contributed by atoms with Crippen LogP contribution in [0.4, 0.5) is 0 Å². The van der Waals surface area contributed by atoms with Gasteiger partial charge in [0.1, 0.15) is 11.5 Å². The SMILES string of the molecule is CCC.OCc1cc(O)cc(O)c1. The first-order valence-corrected chi connectivity index (χ1v) is 4.26. The molecule has 0 bridgehead atoms. The maximum atomic E-state index is 8.85. The predicted molar refractivity (Wildman–Crippen MR) is 51.7 cm³/mol. The normalized spacial score (nSPS) is 8.85. The summed E-state index contributed by atoms with van der Waals surface area (Å²) in [5.41, 5.74) is 0.498. The van der Waals surface area contributed by atoms with E-state index in [1.54, 1.807) is 0 Å². The molecule has 0 unspecified atom stereocenters. The fraction of sp³-hybridized carbons (Fsp3) is 0.400. The number of benzene rings is 1. The quantitative estimate of drug-likeness (QED) is 0.625. The predicted octanol–water partition coefficient (Wildman–Crippen LogP) is 2.01. The lowest BCUT2D eigenvalue weighted by molar-refractivity contribution is 0.280. The molecule has 3 N–H and O–H groups in total. The molecular formula is C10H16O3. The summed E-state index contributed by atoms with van der Waals surface area (Å²) in [6.45, 7) is 4.07. The zero-order valence-electron chi connectivity index (χ0n) is 7.99. The summed E-state index contributed by atoms with van der Waals surface area (Å²) < 4.78 is 0. The lowest BCUT2D eigenvalue weighted by Crippen LogP contribution is -1.80. The molecule has 0 spiro atoms. The largest absolute Gasteiger partial charge is 0.508 e. The summed E-state index contributed by atoms with van der Waals surface area (Å²) >= 11 is 0. The molecule has 0 aliphatic heterocycles. The van der Waals surface area contributed by atoms with Crippen LogP contribution in [-0.4, -0.2) is 15.3 Å². The van der Waals surface area contributed by atoms with Gasteiger partial charge in [0, 0.05) is 6.07 Å². The summed E-state index contributed by atoms with van der Waals surface area (Å²) in [4.78, 5) is 0. The Morgan fingerprint density at radius 3 is 1.69 bits per heavy atom. The molecule has 74 valence electrons. The molecule has 1 aromatic rings. The number of aliphatic hydroxyl groups is 1. The van der Waals surface area contributed by atoms with Gasteiger partial charge in [-0.25, -0.2) is 0 Å². The van der Waals surface area contributed by atoms with Crippen molar-refractivity contribution in [2.75, 3.05) is 0 Å². The van der Waals surface area contributed by atoms with Gasteiger partial charge in [0.15, 0.2) is 0 Å². The topological polar surface area (TPSA) is 60.7 Å². The van der Waals surface area contributed by atoms with Crippen LogP contribution < -0.4 is 0 Å². The molecule has 3 nitrogen and oxygen atoms in total. The molecule has 0 aromatic heterocycles. The van der Waals surface area contributed by atoms with Gasteiger partial charge in [-0.2, -0.15) is 0 Å². The first-order valence-electron chi connectivity index (χ1n) is 4.26. The summed E-state index contributed by atoms with van der Waals surface area (Å²) in [6.07, 6.45) is 1.25. The summed E-state index contributed by atoms with van der Waals surface area (Å²) in [5.74, 6) is -0.0758. The smallest absolute Gasteiger partial charge is 0.119 e. The van der Waals surface area contributed by atoms with E-state index in [9.17, 15) is 0 Å². The molecule has 1 aromatic carbocycles. The van der Waals surface area contributed by atoms with Gasteiger partial charge in [0.05, 0.1) is 6.61 Å². The number of hydrogen-bond donors (Lipinski definition) is 3. The zero-order chi connectivity index (χ0) is 10.3. The van der Waals surface area contributed by atoms with Crippen molar-refractivity contribution >= 4 is 0 Å². The first-order chi connectivity index (χ1) is 6.13. The minimum Gasteiger partial charge on any atom is -0.508 e. The number of aromatic hydroxyl groups is 2. The van der Waals surface area contributed by atoms with Crippen LogP contribution in [0.25, 0.3) is 0 Å². The average Bonchev–Trinajstić information content (AvgIpc) is 2.04. The molecule has 0 saturated heterocycles. The second kappa shape index (κ2) is 6.31. The van der Waals surface area contributed by atoms with Crippen LogP contribution in [0.3, 0.4) is 0 Å². The van der Waals surface area contributed by atoms with Gasteiger partial charge in [0.2, 0.25) is 0 Å². The maximum absolute atomic E-state index is 8.85. The van der Waals surface area contributed by atoms with E-state index in [1.165, 1.54) is 24.6 Å². The van der Waals surface area contributed by atoms with Crippen molar-refractivity contribution in [2.45, 2.75) is 26.9 Å². The molecule has 0 amide bonds. The van der Waals surface area contributed by atoms with Crippen LogP contribution in [0.2, 0.25) is 0 Å². The number of aliphatic hydroxyl groups excluding tert-OH is 1. The standard InChI is InChI=1S/C7H8O3.C3H8/c8-4-5-1-6(9)3-7(10)2-5;1-3-2/h1-3,8-10H,4H2;3H2,1-2H3. The third-order valence-electron chi connectivity index (χ3n) is 1.14. The average molecular weight is 184 g/mol. The second-order valence-corrected chi connectivity index (χ2v) is 2.72. The van der Waals surface area contributed by atoms with Gasteiger partial charge in [-0.05, 0) is 17.7 Å². The molecule has 0 aliphatic rings. The molecule has 3 heteroatoms. The molecule has 1 rings (SSSR count). The lowest BCUT2D eigenvalue weighted by atomic mass is 10.2. The van der Waals surface area contributed by atoms with Gasteiger partial charge >= 0.3 is 0 Å². The fourth-order valence-electron chi connectivity index (χ4n) is 0.748. The molecule has 0 heterocycles. The highest BCUT2D eigenvalue weighted by atomic mass is 16.3. The van der Waals surface area contributed by atoms with Gasteiger partial charge < -0.3 is 15.3 Å². The molecule has 13 heavy (non-hydrogen) atoms. The Kier molecular flexibility index (Phi) is 5.72. The van der Waals surface area contributed by atoms with E-state index in [0.29, 0.717) is 5.56 Å². The lowest BCUT2D eigenvalue weighted by Gasteiger charge is -1.97. The summed E-state index contributed by atoms with van der Waals surface area (Å²) in [5, 5.41) is 26.3. The highest BCUT2D eigenvalue weighted by Crippen LogP contribution is 2.19. The van der Waals surface area contributed by atoms with Crippen molar-refractivity contribution in [1.82, 2.24) is 0 Å². The Hall–Kier alpha value is -1.22. The van der Waals surface area contributed by atoms with E-state index in [-0.39, 0.29) is 18.1 Å². The van der Waals surface area contributed by atoms with Crippen LogP contribution in [0.1, 0.15) is 25.8 Å². The Bertz CT molecular complexity index is 226. The van der Waals surface area contributed by atoms with Crippen LogP contribution in [0.5, 0.6) is 11.5 Å². The summed E-state index contributed by atoms with van der Waals surface area (Å²) in [7, 11) is 0.